The van der Waals surface area contributed by atoms with Crippen molar-refractivity contribution in [3.63, 3.8) is 0 Å². The summed E-state index contributed by atoms with van der Waals surface area (Å²) in [7, 11) is 1.55. The zero-order valence-electron chi connectivity index (χ0n) is 15.9. The molecule has 0 atom stereocenters. The number of para-hydroxylation sites is 2. The molecule has 1 saturated heterocycles. The summed E-state index contributed by atoms with van der Waals surface area (Å²) in [5.74, 6) is -0.147. The largest absolute Gasteiger partial charge is 0.495 e. The summed E-state index contributed by atoms with van der Waals surface area (Å²) >= 11 is 0. The van der Waals surface area contributed by atoms with Gasteiger partial charge in [0.15, 0.2) is 0 Å². The molecule has 0 aromatic heterocycles. The maximum absolute atomic E-state index is 13.5. The highest BCUT2D eigenvalue weighted by molar-refractivity contribution is 6.46. The van der Waals surface area contributed by atoms with Crippen LogP contribution in [0.5, 0.6) is 5.75 Å². The van der Waals surface area contributed by atoms with Gasteiger partial charge in [0.05, 0.1) is 12.8 Å². The van der Waals surface area contributed by atoms with Crippen molar-refractivity contribution in [3.05, 3.63) is 59.9 Å². The van der Waals surface area contributed by atoms with Crippen LogP contribution in [0.3, 0.4) is 0 Å². The normalized spacial score (nSPS) is 17.7. The number of nitrogens with zero attached hydrogens (tertiary/aromatic N) is 2. The predicted molar refractivity (Wildman–Crippen MR) is 107 cm³/mol. The van der Waals surface area contributed by atoms with E-state index in [4.69, 9.17) is 4.74 Å². The summed E-state index contributed by atoms with van der Waals surface area (Å²) < 4.78 is 18.8. The minimum absolute atomic E-state index is 0.233. The molecule has 0 saturated carbocycles. The molecule has 2 aromatic rings. The zero-order chi connectivity index (χ0) is 20.4. The average Bonchev–Trinajstić information content (AvgIpc) is 3.04. The third-order valence-corrected chi connectivity index (χ3v) is 5.21. The average molecular weight is 396 g/mol. The smallest absolute Gasteiger partial charge is 0.321 e. The minimum Gasteiger partial charge on any atom is -0.495 e. The fraction of sp³-hybridized carbons (Fsp3) is 0.286. The number of aliphatic imine (C=N–C) groups is 1. The molecule has 0 bridgehead atoms. The summed E-state index contributed by atoms with van der Waals surface area (Å²) in [5.41, 5.74) is 0.535. The van der Waals surface area contributed by atoms with Gasteiger partial charge in [0, 0.05) is 31.5 Å². The number of anilines is 1. The van der Waals surface area contributed by atoms with Crippen molar-refractivity contribution in [2.75, 3.05) is 25.5 Å². The van der Waals surface area contributed by atoms with E-state index in [0.717, 1.165) is 0 Å². The van der Waals surface area contributed by atoms with Crippen LogP contribution in [-0.4, -0.2) is 48.4 Å². The maximum Gasteiger partial charge on any atom is 0.321 e. The van der Waals surface area contributed by atoms with Crippen molar-refractivity contribution in [2.24, 2.45) is 4.99 Å². The number of hydrogen-bond acceptors (Lipinski definition) is 4. The predicted octanol–water partition coefficient (Wildman–Crippen LogP) is 2.78. The molecular formula is C21H21FN4O3. The van der Waals surface area contributed by atoms with Crippen LogP contribution in [-0.2, 0) is 4.79 Å². The maximum atomic E-state index is 13.5. The lowest BCUT2D eigenvalue weighted by molar-refractivity contribution is -0.115. The van der Waals surface area contributed by atoms with Crippen molar-refractivity contribution in [3.8, 4) is 5.75 Å². The standard InChI is InChI=1S/C21H21FN4O3/c1-29-17-8-3-2-7-16(17)23-20(28)26-11-9-21(10-12-26)24-18(19(27)25-21)14-5-4-6-15(22)13-14/h2-8,13H,9-12H2,1H3,(H,23,28)(H,25,27). The summed E-state index contributed by atoms with van der Waals surface area (Å²) in [6, 6.07) is 12.8. The van der Waals surface area contributed by atoms with Crippen LogP contribution in [0, 0.1) is 5.82 Å². The molecule has 1 fully saturated rings. The number of ether oxygens (including phenoxy) is 1. The van der Waals surface area contributed by atoms with Crippen molar-refractivity contribution < 1.29 is 18.7 Å². The minimum atomic E-state index is -0.750. The van der Waals surface area contributed by atoms with Gasteiger partial charge in [-0.2, -0.15) is 0 Å². The van der Waals surface area contributed by atoms with Gasteiger partial charge in [0.2, 0.25) is 0 Å². The topological polar surface area (TPSA) is 83.0 Å². The number of hydrogen-bond donors (Lipinski definition) is 2. The van der Waals surface area contributed by atoms with Gasteiger partial charge in [-0.15, -0.1) is 0 Å². The Balaban J connectivity index is 1.44. The third kappa shape index (κ3) is 3.78. The SMILES string of the molecule is COc1ccccc1NC(=O)N1CCC2(CC1)N=C(c1cccc(F)c1)C(=O)N2. The second-order valence-electron chi connectivity index (χ2n) is 7.07. The third-order valence-electron chi connectivity index (χ3n) is 5.21. The fourth-order valence-corrected chi connectivity index (χ4v) is 3.65. The lowest BCUT2D eigenvalue weighted by Gasteiger charge is -2.37. The molecule has 0 radical (unpaired) electrons. The van der Waals surface area contributed by atoms with E-state index in [1.807, 2.05) is 12.1 Å². The Hall–Kier alpha value is -3.42. The van der Waals surface area contributed by atoms with E-state index in [1.165, 1.54) is 12.1 Å². The van der Waals surface area contributed by atoms with Crippen LogP contribution in [0.4, 0.5) is 14.9 Å². The molecule has 4 rings (SSSR count). The van der Waals surface area contributed by atoms with E-state index in [1.54, 1.807) is 36.3 Å². The molecule has 2 aromatic carbocycles. The first kappa shape index (κ1) is 18.9. The van der Waals surface area contributed by atoms with Gasteiger partial charge < -0.3 is 20.3 Å². The van der Waals surface area contributed by atoms with Gasteiger partial charge >= 0.3 is 6.03 Å². The summed E-state index contributed by atoms with van der Waals surface area (Å²) in [6.07, 6.45) is 0.966. The molecule has 2 N–H and O–H groups in total. The van der Waals surface area contributed by atoms with E-state index in [9.17, 15) is 14.0 Å². The molecule has 0 unspecified atom stereocenters. The lowest BCUT2D eigenvalue weighted by atomic mass is 9.98. The van der Waals surface area contributed by atoms with Crippen molar-refractivity contribution in [2.45, 2.75) is 18.5 Å². The number of urea groups is 1. The van der Waals surface area contributed by atoms with Gasteiger partial charge in [0.1, 0.15) is 22.9 Å². The van der Waals surface area contributed by atoms with E-state index in [2.05, 4.69) is 15.6 Å². The van der Waals surface area contributed by atoms with Gasteiger partial charge in [0.25, 0.3) is 5.91 Å². The number of halogens is 1. The summed E-state index contributed by atoms with van der Waals surface area (Å²) in [5, 5.41) is 5.78. The summed E-state index contributed by atoms with van der Waals surface area (Å²) in [4.78, 5) is 31.3. The number of rotatable bonds is 3. The molecular weight excluding hydrogens is 375 g/mol. The van der Waals surface area contributed by atoms with Gasteiger partial charge in [-0.05, 0) is 24.3 Å². The first-order valence-electron chi connectivity index (χ1n) is 9.37. The van der Waals surface area contributed by atoms with E-state index in [0.29, 0.717) is 42.9 Å². The Morgan fingerprint density at radius 3 is 2.69 bits per heavy atom. The highest BCUT2D eigenvalue weighted by Gasteiger charge is 2.43. The fourth-order valence-electron chi connectivity index (χ4n) is 3.65. The zero-order valence-corrected chi connectivity index (χ0v) is 15.9. The first-order valence-corrected chi connectivity index (χ1v) is 9.37. The highest BCUT2D eigenvalue weighted by atomic mass is 19.1. The van der Waals surface area contributed by atoms with Gasteiger partial charge in [-0.25, -0.2) is 9.18 Å². The van der Waals surface area contributed by atoms with E-state index >= 15 is 0 Å². The number of carbonyl (C=O) groups excluding carboxylic acids is 2. The van der Waals surface area contributed by atoms with Crippen molar-refractivity contribution in [1.29, 1.82) is 0 Å². The van der Waals surface area contributed by atoms with E-state index in [-0.39, 0.29) is 17.6 Å². The number of nitrogens with one attached hydrogen (secondary N) is 2. The Morgan fingerprint density at radius 1 is 1.21 bits per heavy atom. The van der Waals surface area contributed by atoms with Crippen LogP contribution >= 0.6 is 0 Å². The Bertz CT molecular complexity index is 983. The van der Waals surface area contributed by atoms with Gasteiger partial charge in [-0.1, -0.05) is 24.3 Å². The van der Waals surface area contributed by atoms with Crippen LogP contribution in [0.15, 0.2) is 53.5 Å². The van der Waals surface area contributed by atoms with Crippen LogP contribution in [0.25, 0.3) is 0 Å². The van der Waals surface area contributed by atoms with Crippen molar-refractivity contribution in [1.82, 2.24) is 10.2 Å². The lowest BCUT2D eigenvalue weighted by Crippen LogP contribution is -2.53. The molecule has 29 heavy (non-hydrogen) atoms. The monoisotopic (exact) mass is 396 g/mol. The van der Waals surface area contributed by atoms with Crippen LogP contribution in [0.2, 0.25) is 0 Å². The molecule has 8 heteroatoms. The quantitative estimate of drug-likeness (QED) is 0.837. The molecule has 150 valence electrons. The molecule has 1 spiro atoms. The number of benzene rings is 2. The van der Waals surface area contributed by atoms with Crippen molar-refractivity contribution >= 4 is 23.3 Å². The second-order valence-corrected chi connectivity index (χ2v) is 7.07. The van der Waals surface area contributed by atoms with E-state index < -0.39 is 11.5 Å². The van der Waals surface area contributed by atoms with Gasteiger partial charge in [-0.3, -0.25) is 9.79 Å². The molecule has 7 nitrogen and oxygen atoms in total. The molecule has 2 heterocycles. The molecule has 2 aliphatic heterocycles. The number of methoxy groups -OCH3 is 1. The van der Waals surface area contributed by atoms with Crippen LogP contribution in [0.1, 0.15) is 18.4 Å². The van der Waals surface area contributed by atoms with Crippen LogP contribution < -0.4 is 15.4 Å². The number of piperidine rings is 1. The second kappa shape index (κ2) is 7.54. The number of likely N-dealkylation sites (tertiary alicyclic amines) is 1. The molecule has 0 aliphatic carbocycles. The molecule has 2 aliphatic rings. The summed E-state index contributed by atoms with van der Waals surface area (Å²) in [6.45, 7) is 0.863. The Labute approximate surface area is 167 Å². The molecule has 3 amide bonds. The Morgan fingerprint density at radius 2 is 1.97 bits per heavy atom. The Kier molecular flexibility index (Phi) is 4.92. The number of amides is 3. The first-order chi connectivity index (χ1) is 14.0. The number of carbonyl (C=O) groups is 2. The highest BCUT2D eigenvalue weighted by Crippen LogP contribution is 2.30.